The molecule has 0 aliphatic carbocycles. The second kappa shape index (κ2) is 5.57. The number of pyridine rings is 1. The molecule has 0 bridgehead atoms. The van der Waals surface area contributed by atoms with E-state index in [2.05, 4.69) is 29.1 Å². The van der Waals surface area contributed by atoms with Crippen LogP contribution in [0.1, 0.15) is 13.8 Å². The Kier molecular flexibility index (Phi) is 3.38. The molecule has 4 rings (SSSR count). The van der Waals surface area contributed by atoms with E-state index in [9.17, 15) is 4.79 Å². The van der Waals surface area contributed by atoms with E-state index < -0.39 is 0 Å². The van der Waals surface area contributed by atoms with Crippen LogP contribution in [0.3, 0.4) is 0 Å². The first-order chi connectivity index (χ1) is 11.6. The summed E-state index contributed by atoms with van der Waals surface area (Å²) in [5.74, 6) is 0. The molecule has 2 aromatic heterocycles. The molecule has 0 aliphatic rings. The van der Waals surface area contributed by atoms with Gasteiger partial charge in [0.1, 0.15) is 0 Å². The Hall–Kier alpha value is -3.01. The van der Waals surface area contributed by atoms with Crippen molar-refractivity contribution in [1.82, 2.24) is 9.97 Å². The van der Waals surface area contributed by atoms with Gasteiger partial charge in [-0.1, -0.05) is 24.3 Å². The molecule has 4 heteroatoms. The number of nitrogens with one attached hydrogen (secondary N) is 3. The van der Waals surface area contributed by atoms with E-state index in [0.29, 0.717) is 11.6 Å². The zero-order valence-electron chi connectivity index (χ0n) is 13.7. The largest absolute Gasteiger partial charge is 0.383 e. The molecule has 0 spiro atoms. The molecule has 0 radical (unpaired) electrons. The highest BCUT2D eigenvalue weighted by molar-refractivity contribution is 5.97. The fraction of sp³-hybridized carbons (Fsp3) is 0.150. The Bertz CT molecular complexity index is 1090. The highest BCUT2D eigenvalue weighted by Gasteiger charge is 2.11. The highest BCUT2D eigenvalue weighted by Crippen LogP contribution is 2.28. The molecule has 4 aromatic rings. The standard InChI is InChI=1S/C20H19N3O/c1-12(2)22-14-8-7-13-9-16(20(24)23-19(13)10-14)17-11-21-18-6-4-3-5-15(17)18/h3-12,21-22H,1-2H3,(H,23,24). The van der Waals surface area contributed by atoms with E-state index in [1.165, 1.54) is 0 Å². The lowest BCUT2D eigenvalue weighted by atomic mass is 10.0. The molecule has 24 heavy (non-hydrogen) atoms. The zero-order valence-corrected chi connectivity index (χ0v) is 13.7. The van der Waals surface area contributed by atoms with Crippen LogP contribution < -0.4 is 10.9 Å². The molecule has 4 nitrogen and oxygen atoms in total. The van der Waals surface area contributed by atoms with Gasteiger partial charge in [0, 0.05) is 40.0 Å². The van der Waals surface area contributed by atoms with Crippen molar-refractivity contribution in [2.45, 2.75) is 19.9 Å². The predicted molar refractivity (Wildman–Crippen MR) is 101 cm³/mol. The van der Waals surface area contributed by atoms with Crippen molar-refractivity contribution in [3.05, 3.63) is 65.1 Å². The summed E-state index contributed by atoms with van der Waals surface area (Å²) in [6, 6.07) is 16.4. The van der Waals surface area contributed by atoms with Gasteiger partial charge in [-0.25, -0.2) is 0 Å². The van der Waals surface area contributed by atoms with Crippen LogP contribution in [0.5, 0.6) is 0 Å². The summed E-state index contributed by atoms with van der Waals surface area (Å²) in [4.78, 5) is 18.9. The van der Waals surface area contributed by atoms with Gasteiger partial charge in [0.15, 0.2) is 0 Å². The lowest BCUT2D eigenvalue weighted by Gasteiger charge is -2.11. The van der Waals surface area contributed by atoms with Crippen molar-refractivity contribution in [1.29, 1.82) is 0 Å². The van der Waals surface area contributed by atoms with Crippen molar-refractivity contribution in [3.63, 3.8) is 0 Å². The lowest BCUT2D eigenvalue weighted by molar-refractivity contribution is 0.900. The van der Waals surface area contributed by atoms with Crippen LogP contribution in [0.25, 0.3) is 32.9 Å². The molecule has 2 aromatic carbocycles. The number of aromatic amines is 2. The summed E-state index contributed by atoms with van der Waals surface area (Å²) in [6.45, 7) is 4.18. The van der Waals surface area contributed by atoms with Gasteiger partial charge in [-0.2, -0.15) is 0 Å². The average Bonchev–Trinajstić information content (AvgIpc) is 2.97. The van der Waals surface area contributed by atoms with Crippen molar-refractivity contribution in [3.8, 4) is 11.1 Å². The minimum Gasteiger partial charge on any atom is -0.383 e. The van der Waals surface area contributed by atoms with Crippen molar-refractivity contribution in [2.24, 2.45) is 0 Å². The van der Waals surface area contributed by atoms with Gasteiger partial charge in [0.25, 0.3) is 5.56 Å². The maximum atomic E-state index is 12.6. The fourth-order valence-corrected chi connectivity index (χ4v) is 3.12. The third kappa shape index (κ3) is 2.46. The Labute approximate surface area is 139 Å². The van der Waals surface area contributed by atoms with Crippen LogP contribution in [0.4, 0.5) is 5.69 Å². The fourth-order valence-electron chi connectivity index (χ4n) is 3.12. The summed E-state index contributed by atoms with van der Waals surface area (Å²) < 4.78 is 0. The molecule has 2 heterocycles. The number of fused-ring (bicyclic) bond motifs is 2. The van der Waals surface area contributed by atoms with Gasteiger partial charge in [0.2, 0.25) is 0 Å². The molecule has 0 fully saturated rings. The van der Waals surface area contributed by atoms with Gasteiger partial charge < -0.3 is 15.3 Å². The molecule has 0 atom stereocenters. The number of hydrogen-bond donors (Lipinski definition) is 3. The van der Waals surface area contributed by atoms with Crippen molar-refractivity contribution >= 4 is 27.5 Å². The highest BCUT2D eigenvalue weighted by atomic mass is 16.1. The zero-order chi connectivity index (χ0) is 16.7. The smallest absolute Gasteiger partial charge is 0.256 e. The number of benzene rings is 2. The van der Waals surface area contributed by atoms with Crippen molar-refractivity contribution in [2.75, 3.05) is 5.32 Å². The molecule has 0 aliphatic heterocycles. The first-order valence-corrected chi connectivity index (χ1v) is 8.12. The number of hydrogen-bond acceptors (Lipinski definition) is 2. The topological polar surface area (TPSA) is 60.7 Å². The number of anilines is 1. The number of rotatable bonds is 3. The second-order valence-corrected chi connectivity index (χ2v) is 6.36. The van der Waals surface area contributed by atoms with E-state index in [1.807, 2.05) is 54.7 Å². The van der Waals surface area contributed by atoms with Gasteiger partial charge in [0.05, 0.1) is 5.52 Å². The Morgan fingerprint density at radius 2 is 1.79 bits per heavy atom. The molecule has 0 saturated carbocycles. The number of aromatic nitrogens is 2. The number of para-hydroxylation sites is 1. The number of H-pyrrole nitrogens is 2. The summed E-state index contributed by atoms with van der Waals surface area (Å²) >= 11 is 0. The maximum absolute atomic E-state index is 12.6. The average molecular weight is 317 g/mol. The van der Waals surface area contributed by atoms with Crippen LogP contribution in [-0.4, -0.2) is 16.0 Å². The third-order valence-electron chi connectivity index (χ3n) is 4.18. The van der Waals surface area contributed by atoms with Gasteiger partial charge >= 0.3 is 0 Å². The monoisotopic (exact) mass is 317 g/mol. The molecule has 0 unspecified atom stereocenters. The Morgan fingerprint density at radius 1 is 0.958 bits per heavy atom. The molecule has 0 saturated heterocycles. The Balaban J connectivity index is 1.88. The summed E-state index contributed by atoms with van der Waals surface area (Å²) in [5, 5.41) is 5.43. The van der Waals surface area contributed by atoms with E-state index in [0.717, 1.165) is 33.1 Å². The molecular formula is C20H19N3O. The van der Waals surface area contributed by atoms with E-state index in [-0.39, 0.29) is 5.56 Å². The summed E-state index contributed by atoms with van der Waals surface area (Å²) in [5.41, 5.74) is 4.42. The summed E-state index contributed by atoms with van der Waals surface area (Å²) in [7, 11) is 0. The quantitative estimate of drug-likeness (QED) is 0.521. The van der Waals surface area contributed by atoms with Crippen LogP contribution in [0.15, 0.2) is 59.5 Å². The lowest BCUT2D eigenvalue weighted by Crippen LogP contribution is -2.11. The minimum absolute atomic E-state index is 0.0750. The van der Waals surface area contributed by atoms with Gasteiger partial charge in [-0.15, -0.1) is 0 Å². The van der Waals surface area contributed by atoms with E-state index in [4.69, 9.17) is 0 Å². The first kappa shape index (κ1) is 14.6. The molecule has 120 valence electrons. The SMILES string of the molecule is CC(C)Nc1ccc2cc(-c3c[nH]c4ccccc34)c(=O)[nH]c2c1. The Morgan fingerprint density at radius 3 is 2.62 bits per heavy atom. The second-order valence-electron chi connectivity index (χ2n) is 6.36. The maximum Gasteiger partial charge on any atom is 0.256 e. The molecule has 0 amide bonds. The molecular weight excluding hydrogens is 298 g/mol. The van der Waals surface area contributed by atoms with Crippen LogP contribution in [-0.2, 0) is 0 Å². The van der Waals surface area contributed by atoms with Crippen LogP contribution >= 0.6 is 0 Å². The van der Waals surface area contributed by atoms with E-state index >= 15 is 0 Å². The van der Waals surface area contributed by atoms with Crippen molar-refractivity contribution < 1.29 is 0 Å². The first-order valence-electron chi connectivity index (χ1n) is 8.12. The normalized spacial score (nSPS) is 11.5. The van der Waals surface area contributed by atoms with Gasteiger partial charge in [-0.3, -0.25) is 4.79 Å². The summed E-state index contributed by atoms with van der Waals surface area (Å²) in [6.07, 6.45) is 1.90. The van der Waals surface area contributed by atoms with Crippen LogP contribution in [0.2, 0.25) is 0 Å². The van der Waals surface area contributed by atoms with Gasteiger partial charge in [-0.05, 0) is 43.5 Å². The van der Waals surface area contributed by atoms with E-state index in [1.54, 1.807) is 0 Å². The minimum atomic E-state index is -0.0750. The van der Waals surface area contributed by atoms with Crippen LogP contribution in [0, 0.1) is 0 Å². The molecule has 3 N–H and O–H groups in total. The predicted octanol–water partition coefficient (Wildman–Crippen LogP) is 4.50. The third-order valence-corrected chi connectivity index (χ3v) is 4.18.